The largest absolute Gasteiger partial charge is 0.468 e. The van der Waals surface area contributed by atoms with E-state index in [2.05, 4.69) is 10.2 Å². The van der Waals surface area contributed by atoms with E-state index in [1.165, 1.54) is 7.11 Å². The minimum absolute atomic E-state index is 0.237. The summed E-state index contributed by atoms with van der Waals surface area (Å²) in [5.41, 5.74) is 0.885. The molecule has 0 radical (unpaired) electrons. The van der Waals surface area contributed by atoms with Crippen LogP contribution in [-0.4, -0.2) is 44.2 Å². The smallest absolute Gasteiger partial charge is 0.327 e. The Bertz CT molecular complexity index is 419. The van der Waals surface area contributed by atoms with Gasteiger partial charge in [-0.05, 0) is 17.7 Å². The van der Waals surface area contributed by atoms with Gasteiger partial charge >= 0.3 is 5.97 Å². The van der Waals surface area contributed by atoms with Crippen LogP contribution < -0.4 is 5.32 Å². The summed E-state index contributed by atoms with van der Waals surface area (Å²) < 4.78 is 4.92. The molecule has 0 bridgehead atoms. The van der Waals surface area contributed by atoms with Gasteiger partial charge in [0.2, 0.25) is 0 Å². The van der Waals surface area contributed by atoms with Gasteiger partial charge in [-0.25, -0.2) is 4.79 Å². The second-order valence-electron chi connectivity index (χ2n) is 4.27. The lowest BCUT2D eigenvalue weighted by atomic mass is 10.0. The summed E-state index contributed by atoms with van der Waals surface area (Å²) in [5.74, 6) is -0.237. The number of carbonyl (C=O) groups is 1. The van der Waals surface area contributed by atoms with Gasteiger partial charge in [-0.3, -0.25) is 4.90 Å². The van der Waals surface area contributed by atoms with Crippen LogP contribution in [-0.2, 0) is 9.53 Å². The predicted octanol–water partition coefficient (Wildman–Crippen LogP) is 1.46. The van der Waals surface area contributed by atoms with Crippen LogP contribution in [0, 0.1) is 0 Å². The van der Waals surface area contributed by atoms with E-state index in [0.717, 1.165) is 31.7 Å². The van der Waals surface area contributed by atoms with Crippen LogP contribution in [0.5, 0.6) is 0 Å². The molecule has 1 aromatic rings. The lowest BCUT2D eigenvalue weighted by Gasteiger charge is -2.33. The molecule has 0 amide bonds. The minimum Gasteiger partial charge on any atom is -0.468 e. The van der Waals surface area contributed by atoms with Gasteiger partial charge in [-0.15, -0.1) is 0 Å². The number of methoxy groups -OCH3 is 1. The highest BCUT2D eigenvalue weighted by molar-refractivity contribution is 6.30. The third-order valence-electron chi connectivity index (χ3n) is 3.11. The lowest BCUT2D eigenvalue weighted by molar-refractivity contribution is -0.147. The molecule has 1 aliphatic heterocycles. The fourth-order valence-corrected chi connectivity index (χ4v) is 2.42. The molecule has 1 saturated heterocycles. The van der Waals surface area contributed by atoms with Crippen molar-refractivity contribution in [1.82, 2.24) is 10.2 Å². The Morgan fingerprint density at radius 2 is 2.17 bits per heavy atom. The maximum atomic E-state index is 12.0. The van der Waals surface area contributed by atoms with Crippen LogP contribution in [0.1, 0.15) is 11.6 Å². The molecule has 4 nitrogen and oxygen atoms in total. The maximum absolute atomic E-state index is 12.0. The fraction of sp³-hybridized carbons (Fsp3) is 0.462. The zero-order chi connectivity index (χ0) is 13.0. The zero-order valence-electron chi connectivity index (χ0n) is 10.4. The molecule has 1 aliphatic rings. The van der Waals surface area contributed by atoms with Gasteiger partial charge in [0.25, 0.3) is 0 Å². The quantitative estimate of drug-likeness (QED) is 0.843. The molecule has 98 valence electrons. The molecule has 0 aromatic heterocycles. The van der Waals surface area contributed by atoms with E-state index in [4.69, 9.17) is 16.3 Å². The van der Waals surface area contributed by atoms with Crippen molar-refractivity contribution in [2.45, 2.75) is 6.04 Å². The van der Waals surface area contributed by atoms with Crippen LogP contribution in [0.3, 0.4) is 0 Å². The van der Waals surface area contributed by atoms with E-state index in [-0.39, 0.29) is 12.0 Å². The highest BCUT2D eigenvalue weighted by atomic mass is 35.5. The standard InChI is InChI=1S/C13H17ClN2O2/c1-18-13(17)12(16-7-5-15-6-8-16)10-3-2-4-11(14)9-10/h2-4,9,12,15H,5-8H2,1H3/t12-/m0/s1. The zero-order valence-corrected chi connectivity index (χ0v) is 11.1. The monoisotopic (exact) mass is 268 g/mol. The predicted molar refractivity (Wildman–Crippen MR) is 70.7 cm³/mol. The van der Waals surface area contributed by atoms with Gasteiger partial charge in [0.1, 0.15) is 6.04 Å². The summed E-state index contributed by atoms with van der Waals surface area (Å²) in [6.07, 6.45) is 0. The second-order valence-corrected chi connectivity index (χ2v) is 4.70. The summed E-state index contributed by atoms with van der Waals surface area (Å²) in [6.45, 7) is 3.42. The number of hydrogen-bond donors (Lipinski definition) is 1. The van der Waals surface area contributed by atoms with Gasteiger partial charge in [-0.2, -0.15) is 0 Å². The second kappa shape index (κ2) is 6.18. The van der Waals surface area contributed by atoms with Crippen molar-refractivity contribution < 1.29 is 9.53 Å². The Hall–Kier alpha value is -1.10. The topological polar surface area (TPSA) is 41.6 Å². The van der Waals surface area contributed by atoms with Crippen LogP contribution in [0.15, 0.2) is 24.3 Å². The van der Waals surface area contributed by atoms with Crippen molar-refractivity contribution in [2.24, 2.45) is 0 Å². The molecule has 5 heteroatoms. The van der Waals surface area contributed by atoms with Crippen molar-refractivity contribution in [3.63, 3.8) is 0 Å². The van der Waals surface area contributed by atoms with Crippen LogP contribution >= 0.6 is 11.6 Å². The molecule has 1 fully saturated rings. The Kier molecular flexibility index (Phi) is 4.58. The molecule has 0 unspecified atom stereocenters. The number of piperazine rings is 1. The van der Waals surface area contributed by atoms with Gasteiger partial charge in [0.05, 0.1) is 7.11 Å². The lowest BCUT2D eigenvalue weighted by Crippen LogP contribution is -2.47. The molecule has 2 rings (SSSR count). The molecule has 0 aliphatic carbocycles. The Morgan fingerprint density at radius 1 is 1.44 bits per heavy atom. The number of nitrogens with zero attached hydrogens (tertiary/aromatic N) is 1. The minimum atomic E-state index is -0.365. The first-order chi connectivity index (χ1) is 8.72. The van der Waals surface area contributed by atoms with Crippen molar-refractivity contribution in [2.75, 3.05) is 33.3 Å². The Labute approximate surface area is 112 Å². The third-order valence-corrected chi connectivity index (χ3v) is 3.34. The molecule has 0 saturated carbocycles. The first-order valence-corrected chi connectivity index (χ1v) is 6.38. The van der Waals surface area contributed by atoms with E-state index in [1.807, 2.05) is 18.2 Å². The number of hydrogen-bond acceptors (Lipinski definition) is 4. The van der Waals surface area contributed by atoms with Crippen molar-refractivity contribution >= 4 is 17.6 Å². The summed E-state index contributed by atoms with van der Waals surface area (Å²) in [5, 5.41) is 3.91. The van der Waals surface area contributed by atoms with Crippen LogP contribution in [0.4, 0.5) is 0 Å². The van der Waals surface area contributed by atoms with Gasteiger partial charge in [-0.1, -0.05) is 23.7 Å². The average Bonchev–Trinajstić information content (AvgIpc) is 2.40. The number of esters is 1. The average molecular weight is 269 g/mol. The molecule has 18 heavy (non-hydrogen) atoms. The highest BCUT2D eigenvalue weighted by Gasteiger charge is 2.29. The number of benzene rings is 1. The summed E-state index contributed by atoms with van der Waals surface area (Å²) >= 11 is 5.99. The normalized spacial score (nSPS) is 18.3. The number of rotatable bonds is 3. The van der Waals surface area contributed by atoms with Crippen molar-refractivity contribution in [3.05, 3.63) is 34.9 Å². The third kappa shape index (κ3) is 3.02. The first kappa shape index (κ1) is 13.3. The number of nitrogens with one attached hydrogen (secondary N) is 1. The molecule has 1 aromatic carbocycles. The fourth-order valence-electron chi connectivity index (χ4n) is 2.22. The van der Waals surface area contributed by atoms with E-state index >= 15 is 0 Å². The first-order valence-electron chi connectivity index (χ1n) is 6.00. The van der Waals surface area contributed by atoms with Crippen molar-refractivity contribution in [3.8, 4) is 0 Å². The van der Waals surface area contributed by atoms with Gasteiger partial charge < -0.3 is 10.1 Å². The number of halogens is 1. The summed E-state index contributed by atoms with van der Waals surface area (Å²) in [4.78, 5) is 14.1. The van der Waals surface area contributed by atoms with E-state index in [0.29, 0.717) is 5.02 Å². The molecule has 1 heterocycles. The number of ether oxygens (including phenoxy) is 1. The van der Waals surface area contributed by atoms with Gasteiger partial charge in [0.15, 0.2) is 0 Å². The van der Waals surface area contributed by atoms with E-state index < -0.39 is 0 Å². The van der Waals surface area contributed by atoms with E-state index in [1.54, 1.807) is 6.07 Å². The molecular weight excluding hydrogens is 252 g/mol. The van der Waals surface area contributed by atoms with E-state index in [9.17, 15) is 4.79 Å². The summed E-state index contributed by atoms with van der Waals surface area (Å²) in [7, 11) is 1.42. The highest BCUT2D eigenvalue weighted by Crippen LogP contribution is 2.24. The van der Waals surface area contributed by atoms with Crippen molar-refractivity contribution in [1.29, 1.82) is 0 Å². The molecule has 0 spiro atoms. The molecule has 1 N–H and O–H groups in total. The molecule has 1 atom stereocenters. The number of carbonyl (C=O) groups excluding carboxylic acids is 1. The summed E-state index contributed by atoms with van der Waals surface area (Å²) in [6, 6.07) is 7.03. The molecular formula is C13H17ClN2O2. The Morgan fingerprint density at radius 3 is 2.78 bits per heavy atom. The van der Waals surface area contributed by atoms with Crippen LogP contribution in [0.25, 0.3) is 0 Å². The Balaban J connectivity index is 2.26. The van der Waals surface area contributed by atoms with Gasteiger partial charge in [0, 0.05) is 31.2 Å². The van der Waals surface area contributed by atoms with Crippen LogP contribution in [0.2, 0.25) is 5.02 Å². The SMILES string of the molecule is COC(=O)[C@H](c1cccc(Cl)c1)N1CCNCC1. The maximum Gasteiger partial charge on any atom is 0.327 e.